The summed E-state index contributed by atoms with van der Waals surface area (Å²) < 4.78 is 5.36. The second-order valence-corrected chi connectivity index (χ2v) is 6.17. The third-order valence-corrected chi connectivity index (χ3v) is 4.67. The van der Waals surface area contributed by atoms with Gasteiger partial charge in [0.15, 0.2) is 0 Å². The number of aliphatic carboxylic acids is 1. The van der Waals surface area contributed by atoms with Crippen LogP contribution in [0.5, 0.6) is 0 Å². The molecule has 116 valence electrons. The van der Waals surface area contributed by atoms with Crippen LogP contribution in [0, 0.1) is 5.41 Å². The number of morpholine rings is 1. The molecule has 2 rings (SSSR count). The summed E-state index contributed by atoms with van der Waals surface area (Å²) in [5, 5.41) is 9.60. The van der Waals surface area contributed by atoms with Gasteiger partial charge in [-0.1, -0.05) is 13.3 Å². The Morgan fingerprint density at radius 3 is 2.55 bits per heavy atom. The fraction of sp³-hybridized carbons (Fsp3) is 0.933. The number of hydrogen-bond acceptors (Lipinski definition) is 4. The molecule has 5 heteroatoms. The van der Waals surface area contributed by atoms with Gasteiger partial charge < -0.3 is 14.7 Å². The van der Waals surface area contributed by atoms with Gasteiger partial charge in [-0.2, -0.15) is 0 Å². The van der Waals surface area contributed by atoms with Crippen LogP contribution in [0.25, 0.3) is 0 Å². The summed E-state index contributed by atoms with van der Waals surface area (Å²) in [7, 11) is 0. The van der Waals surface area contributed by atoms with Crippen LogP contribution in [0.1, 0.15) is 32.6 Å². The van der Waals surface area contributed by atoms with Gasteiger partial charge in [-0.3, -0.25) is 9.69 Å². The fourth-order valence-electron chi connectivity index (χ4n) is 3.49. The molecule has 1 unspecified atom stereocenters. The highest BCUT2D eigenvalue weighted by molar-refractivity contribution is 5.75. The van der Waals surface area contributed by atoms with E-state index in [0.717, 1.165) is 78.2 Å². The van der Waals surface area contributed by atoms with Crippen LogP contribution < -0.4 is 0 Å². The zero-order chi connectivity index (χ0) is 14.4. The Bertz CT molecular complexity index is 314. The summed E-state index contributed by atoms with van der Waals surface area (Å²) in [6, 6.07) is 0. The first-order chi connectivity index (χ1) is 9.66. The Labute approximate surface area is 121 Å². The van der Waals surface area contributed by atoms with Gasteiger partial charge in [0.05, 0.1) is 18.6 Å². The molecule has 0 spiro atoms. The molecular weight excluding hydrogens is 256 g/mol. The third-order valence-electron chi connectivity index (χ3n) is 4.67. The van der Waals surface area contributed by atoms with Crippen molar-refractivity contribution < 1.29 is 14.6 Å². The van der Waals surface area contributed by atoms with E-state index < -0.39 is 11.4 Å². The van der Waals surface area contributed by atoms with E-state index in [0.29, 0.717) is 0 Å². The SMILES string of the molecule is CCCC1(C(=O)O)CCCN(CCN2CCOCC2)C1. The predicted octanol–water partition coefficient (Wildman–Crippen LogP) is 1.29. The standard InChI is InChI=1S/C15H28N2O3/c1-2-4-15(14(18)19)5-3-6-17(13-15)8-7-16-9-11-20-12-10-16/h2-13H2,1H3,(H,18,19). The molecule has 2 aliphatic rings. The molecule has 0 aromatic heterocycles. The van der Waals surface area contributed by atoms with Gasteiger partial charge in [0.1, 0.15) is 0 Å². The lowest BCUT2D eigenvalue weighted by molar-refractivity contribution is -0.153. The minimum absolute atomic E-state index is 0.502. The summed E-state index contributed by atoms with van der Waals surface area (Å²) in [6.07, 6.45) is 3.60. The zero-order valence-corrected chi connectivity index (χ0v) is 12.6. The van der Waals surface area contributed by atoms with Crippen LogP contribution in [0.15, 0.2) is 0 Å². The molecule has 1 atom stereocenters. The maximum absolute atomic E-state index is 11.7. The van der Waals surface area contributed by atoms with Crippen molar-refractivity contribution in [3.05, 3.63) is 0 Å². The summed E-state index contributed by atoms with van der Waals surface area (Å²) in [6.45, 7) is 9.54. The molecule has 2 fully saturated rings. The second kappa shape index (κ2) is 7.38. The van der Waals surface area contributed by atoms with Crippen molar-refractivity contribution in [3.8, 4) is 0 Å². The van der Waals surface area contributed by atoms with E-state index in [2.05, 4.69) is 16.7 Å². The van der Waals surface area contributed by atoms with E-state index in [4.69, 9.17) is 4.74 Å². The molecule has 0 aliphatic carbocycles. The molecule has 0 aromatic rings. The monoisotopic (exact) mass is 284 g/mol. The number of carbonyl (C=O) groups is 1. The van der Waals surface area contributed by atoms with Crippen molar-refractivity contribution >= 4 is 5.97 Å². The number of likely N-dealkylation sites (tertiary alicyclic amines) is 1. The van der Waals surface area contributed by atoms with Crippen molar-refractivity contribution in [2.24, 2.45) is 5.41 Å². The summed E-state index contributed by atoms with van der Waals surface area (Å²) in [4.78, 5) is 16.4. The molecule has 2 heterocycles. The lowest BCUT2D eigenvalue weighted by atomic mass is 9.76. The van der Waals surface area contributed by atoms with E-state index in [1.165, 1.54) is 0 Å². The van der Waals surface area contributed by atoms with Crippen molar-refractivity contribution in [1.82, 2.24) is 9.80 Å². The Morgan fingerprint density at radius 1 is 1.20 bits per heavy atom. The van der Waals surface area contributed by atoms with E-state index in [1.54, 1.807) is 0 Å². The van der Waals surface area contributed by atoms with Crippen LogP contribution in [0.4, 0.5) is 0 Å². The quantitative estimate of drug-likeness (QED) is 0.796. The molecule has 2 saturated heterocycles. The molecule has 2 aliphatic heterocycles. The molecule has 5 nitrogen and oxygen atoms in total. The van der Waals surface area contributed by atoms with Crippen molar-refractivity contribution in [3.63, 3.8) is 0 Å². The lowest BCUT2D eigenvalue weighted by Crippen LogP contribution is -2.50. The number of hydrogen-bond donors (Lipinski definition) is 1. The maximum atomic E-state index is 11.7. The molecule has 0 amide bonds. The first-order valence-corrected chi connectivity index (χ1v) is 7.92. The predicted molar refractivity (Wildman–Crippen MR) is 77.9 cm³/mol. The van der Waals surface area contributed by atoms with Crippen LogP contribution >= 0.6 is 0 Å². The van der Waals surface area contributed by atoms with Gasteiger partial charge in [0.25, 0.3) is 0 Å². The van der Waals surface area contributed by atoms with E-state index >= 15 is 0 Å². The number of carboxylic acid groups (broad SMARTS) is 1. The maximum Gasteiger partial charge on any atom is 0.310 e. The topological polar surface area (TPSA) is 53.0 Å². The minimum atomic E-state index is -0.601. The van der Waals surface area contributed by atoms with E-state index in [1.807, 2.05) is 0 Å². The number of ether oxygens (including phenoxy) is 1. The molecular formula is C15H28N2O3. The average molecular weight is 284 g/mol. The molecule has 0 aromatic carbocycles. The summed E-state index contributed by atoms with van der Waals surface area (Å²) in [5.41, 5.74) is -0.502. The molecule has 0 radical (unpaired) electrons. The Hall–Kier alpha value is -0.650. The Morgan fingerprint density at radius 2 is 1.90 bits per heavy atom. The van der Waals surface area contributed by atoms with Crippen LogP contribution in [0.2, 0.25) is 0 Å². The van der Waals surface area contributed by atoms with Gasteiger partial charge in [0, 0.05) is 32.7 Å². The van der Waals surface area contributed by atoms with Crippen LogP contribution in [-0.2, 0) is 9.53 Å². The van der Waals surface area contributed by atoms with Gasteiger partial charge in [-0.05, 0) is 25.8 Å². The first-order valence-electron chi connectivity index (χ1n) is 7.92. The van der Waals surface area contributed by atoms with Gasteiger partial charge >= 0.3 is 5.97 Å². The van der Waals surface area contributed by atoms with E-state index in [-0.39, 0.29) is 0 Å². The van der Waals surface area contributed by atoms with Crippen molar-refractivity contribution in [1.29, 1.82) is 0 Å². The Kier molecular flexibility index (Phi) is 5.81. The normalized spacial score (nSPS) is 29.4. The van der Waals surface area contributed by atoms with Crippen molar-refractivity contribution in [2.75, 3.05) is 52.5 Å². The fourth-order valence-corrected chi connectivity index (χ4v) is 3.49. The van der Waals surface area contributed by atoms with Gasteiger partial charge in [0.2, 0.25) is 0 Å². The van der Waals surface area contributed by atoms with Gasteiger partial charge in [-0.15, -0.1) is 0 Å². The number of rotatable bonds is 6. The average Bonchev–Trinajstić information content (AvgIpc) is 2.47. The van der Waals surface area contributed by atoms with E-state index in [9.17, 15) is 9.90 Å². The number of piperidine rings is 1. The highest BCUT2D eigenvalue weighted by atomic mass is 16.5. The highest BCUT2D eigenvalue weighted by Crippen LogP contribution is 2.34. The molecule has 20 heavy (non-hydrogen) atoms. The highest BCUT2D eigenvalue weighted by Gasteiger charge is 2.41. The smallest absolute Gasteiger partial charge is 0.310 e. The summed E-state index contributed by atoms with van der Waals surface area (Å²) >= 11 is 0. The molecule has 1 N–H and O–H groups in total. The van der Waals surface area contributed by atoms with Crippen molar-refractivity contribution in [2.45, 2.75) is 32.6 Å². The first kappa shape index (κ1) is 15.7. The summed E-state index contributed by atoms with van der Waals surface area (Å²) in [5.74, 6) is -0.601. The number of carboxylic acids is 1. The second-order valence-electron chi connectivity index (χ2n) is 6.17. The molecule has 0 bridgehead atoms. The zero-order valence-electron chi connectivity index (χ0n) is 12.6. The number of nitrogens with zero attached hydrogens (tertiary/aromatic N) is 2. The van der Waals surface area contributed by atoms with Crippen LogP contribution in [0.3, 0.4) is 0 Å². The minimum Gasteiger partial charge on any atom is -0.481 e. The van der Waals surface area contributed by atoms with Gasteiger partial charge in [-0.25, -0.2) is 0 Å². The lowest BCUT2D eigenvalue weighted by Gasteiger charge is -2.40. The largest absolute Gasteiger partial charge is 0.481 e. The van der Waals surface area contributed by atoms with Crippen LogP contribution in [-0.4, -0.2) is 73.4 Å². The Balaban J connectivity index is 1.84. The third kappa shape index (κ3) is 3.93. The molecule has 0 saturated carbocycles.